The molecule has 0 radical (unpaired) electrons. The van der Waals surface area contributed by atoms with Crippen molar-refractivity contribution < 1.29 is 14.3 Å². The van der Waals surface area contributed by atoms with Crippen LogP contribution in [0.2, 0.25) is 0 Å². The Kier molecular flexibility index (Phi) is 6.23. The van der Waals surface area contributed by atoms with Gasteiger partial charge in [0.25, 0.3) is 5.91 Å². The summed E-state index contributed by atoms with van der Waals surface area (Å²) < 4.78 is 5.20. The Balaban J connectivity index is 1.56. The summed E-state index contributed by atoms with van der Waals surface area (Å²) in [6.07, 6.45) is 0.119. The highest BCUT2D eigenvalue weighted by Crippen LogP contribution is 2.20. The lowest BCUT2D eigenvalue weighted by molar-refractivity contribution is 0.0636. The molecular weight excluding hydrogens is 388 g/mol. The molecule has 0 saturated heterocycles. The molecule has 29 heavy (non-hydrogen) atoms. The third-order valence-corrected chi connectivity index (χ3v) is 4.52. The summed E-state index contributed by atoms with van der Waals surface area (Å²) in [6, 6.07) is 16.5. The molecule has 2 aromatic carbocycles. The summed E-state index contributed by atoms with van der Waals surface area (Å²) in [5.41, 5.74) is 1.54. The fourth-order valence-electron chi connectivity index (χ4n) is 2.44. The molecule has 0 aliphatic heterocycles. The van der Waals surface area contributed by atoms with E-state index in [2.05, 4.69) is 20.8 Å². The maximum Gasteiger partial charge on any atom is 0.412 e. The van der Waals surface area contributed by atoms with Crippen molar-refractivity contribution in [2.24, 2.45) is 0 Å². The zero-order valence-electron chi connectivity index (χ0n) is 16.4. The normalized spacial score (nSPS) is 11.0. The van der Waals surface area contributed by atoms with Gasteiger partial charge in [0.05, 0.1) is 0 Å². The van der Waals surface area contributed by atoms with E-state index in [1.165, 1.54) is 11.3 Å². The fraction of sp³-hybridized carbons (Fsp3) is 0.238. The van der Waals surface area contributed by atoms with Crippen LogP contribution >= 0.6 is 11.3 Å². The Hall–Kier alpha value is -3.26. The maximum atomic E-state index is 12.4. The van der Waals surface area contributed by atoms with Crippen LogP contribution in [-0.4, -0.2) is 27.8 Å². The van der Waals surface area contributed by atoms with Crippen molar-refractivity contribution in [2.45, 2.75) is 32.8 Å². The number of benzene rings is 2. The van der Waals surface area contributed by atoms with Crippen molar-refractivity contribution in [3.8, 4) is 0 Å². The van der Waals surface area contributed by atoms with Crippen LogP contribution in [0, 0.1) is 0 Å². The number of ether oxygens (including phenoxy) is 1. The lowest BCUT2D eigenvalue weighted by atomic mass is 10.2. The van der Waals surface area contributed by atoms with Gasteiger partial charge in [-0.2, -0.15) is 0 Å². The molecule has 0 spiro atoms. The highest BCUT2D eigenvalue weighted by atomic mass is 32.1. The standard InChI is InChI=1S/C21H22N4O3S/c1-21(2,3)28-20(27)22-16-11-9-15(10-12-16)18(26)23-19-25-24-17(29-19)13-14-7-5-4-6-8-14/h4-12H,13H2,1-3H3,(H,22,27)(H,23,25,26). The van der Waals surface area contributed by atoms with Crippen LogP contribution in [0.1, 0.15) is 41.7 Å². The molecule has 3 rings (SSSR count). The van der Waals surface area contributed by atoms with Crippen LogP contribution in [0.4, 0.5) is 15.6 Å². The van der Waals surface area contributed by atoms with E-state index < -0.39 is 11.7 Å². The van der Waals surface area contributed by atoms with Crippen molar-refractivity contribution in [3.63, 3.8) is 0 Å². The van der Waals surface area contributed by atoms with Crippen LogP contribution in [0.15, 0.2) is 54.6 Å². The number of nitrogens with one attached hydrogen (secondary N) is 2. The van der Waals surface area contributed by atoms with Gasteiger partial charge in [-0.25, -0.2) is 4.79 Å². The molecule has 0 saturated carbocycles. The monoisotopic (exact) mass is 410 g/mol. The minimum absolute atomic E-state index is 0.295. The molecule has 7 nitrogen and oxygen atoms in total. The van der Waals surface area contributed by atoms with E-state index in [9.17, 15) is 9.59 Å². The summed E-state index contributed by atoms with van der Waals surface area (Å²) in [5, 5.41) is 14.8. The summed E-state index contributed by atoms with van der Waals surface area (Å²) in [6.45, 7) is 5.37. The SMILES string of the molecule is CC(C)(C)OC(=O)Nc1ccc(C(=O)Nc2nnc(Cc3ccccc3)s2)cc1. The molecule has 0 fully saturated rings. The van der Waals surface area contributed by atoms with Gasteiger partial charge in [-0.05, 0) is 50.6 Å². The van der Waals surface area contributed by atoms with Gasteiger partial charge in [-0.3, -0.25) is 15.4 Å². The summed E-state index contributed by atoms with van der Waals surface area (Å²) in [7, 11) is 0. The quantitative estimate of drug-likeness (QED) is 0.634. The van der Waals surface area contributed by atoms with E-state index in [-0.39, 0.29) is 5.91 Å². The first-order valence-corrected chi connectivity index (χ1v) is 9.88. The summed E-state index contributed by atoms with van der Waals surface area (Å²) in [5.74, 6) is -0.295. The van der Waals surface area contributed by atoms with Crippen LogP contribution in [0.25, 0.3) is 0 Å². The molecule has 1 heterocycles. The molecule has 0 unspecified atom stereocenters. The van der Waals surface area contributed by atoms with Crippen molar-refractivity contribution in [1.82, 2.24) is 10.2 Å². The predicted molar refractivity (Wildman–Crippen MR) is 113 cm³/mol. The average Bonchev–Trinajstić information content (AvgIpc) is 3.08. The van der Waals surface area contributed by atoms with Gasteiger partial charge in [0, 0.05) is 17.7 Å². The fourth-order valence-corrected chi connectivity index (χ4v) is 3.21. The van der Waals surface area contributed by atoms with Gasteiger partial charge in [-0.1, -0.05) is 41.7 Å². The molecule has 8 heteroatoms. The Morgan fingerprint density at radius 1 is 0.966 bits per heavy atom. The number of amides is 2. The second-order valence-electron chi connectivity index (χ2n) is 7.32. The number of anilines is 2. The largest absolute Gasteiger partial charge is 0.444 e. The predicted octanol–water partition coefficient (Wildman–Crippen LogP) is 4.73. The Labute approximate surface area is 173 Å². The zero-order chi connectivity index (χ0) is 20.9. The van der Waals surface area contributed by atoms with Crippen molar-refractivity contribution in [2.75, 3.05) is 10.6 Å². The van der Waals surface area contributed by atoms with Gasteiger partial charge in [0.2, 0.25) is 5.13 Å². The smallest absolute Gasteiger partial charge is 0.412 e. The van der Waals surface area contributed by atoms with Gasteiger partial charge < -0.3 is 4.74 Å². The second kappa shape index (κ2) is 8.83. The van der Waals surface area contributed by atoms with Crippen molar-refractivity contribution in [1.29, 1.82) is 0 Å². The third kappa shape index (κ3) is 6.39. The number of nitrogens with zero attached hydrogens (tertiary/aromatic N) is 2. The topological polar surface area (TPSA) is 93.2 Å². The van der Waals surface area contributed by atoms with Crippen LogP contribution in [0.3, 0.4) is 0 Å². The Morgan fingerprint density at radius 2 is 1.66 bits per heavy atom. The maximum absolute atomic E-state index is 12.4. The molecule has 0 bridgehead atoms. The van der Waals surface area contributed by atoms with E-state index in [1.54, 1.807) is 45.0 Å². The van der Waals surface area contributed by atoms with E-state index in [0.29, 0.717) is 22.8 Å². The molecule has 2 N–H and O–H groups in total. The van der Waals surface area contributed by atoms with Gasteiger partial charge in [0.15, 0.2) is 0 Å². The lowest BCUT2D eigenvalue weighted by Crippen LogP contribution is -2.27. The van der Waals surface area contributed by atoms with Crippen LogP contribution < -0.4 is 10.6 Å². The first-order chi connectivity index (χ1) is 13.8. The number of aromatic nitrogens is 2. The third-order valence-electron chi connectivity index (χ3n) is 3.68. The highest BCUT2D eigenvalue weighted by Gasteiger charge is 2.16. The molecule has 0 aliphatic carbocycles. The lowest BCUT2D eigenvalue weighted by Gasteiger charge is -2.19. The van der Waals surface area contributed by atoms with Crippen LogP contribution in [-0.2, 0) is 11.2 Å². The molecule has 2 amide bonds. The zero-order valence-corrected chi connectivity index (χ0v) is 17.2. The van der Waals surface area contributed by atoms with Crippen molar-refractivity contribution in [3.05, 3.63) is 70.7 Å². The number of rotatable bonds is 5. The molecule has 3 aromatic rings. The molecule has 0 atom stereocenters. The van der Waals surface area contributed by atoms with E-state index in [1.807, 2.05) is 30.3 Å². The molecule has 150 valence electrons. The number of carbonyl (C=O) groups is 2. The number of hydrogen-bond donors (Lipinski definition) is 2. The van der Waals surface area contributed by atoms with E-state index in [4.69, 9.17) is 4.74 Å². The Morgan fingerprint density at radius 3 is 2.31 bits per heavy atom. The van der Waals surface area contributed by atoms with E-state index in [0.717, 1.165) is 10.6 Å². The van der Waals surface area contributed by atoms with Crippen molar-refractivity contribution >= 4 is 34.2 Å². The van der Waals surface area contributed by atoms with Gasteiger partial charge in [-0.15, -0.1) is 10.2 Å². The van der Waals surface area contributed by atoms with Gasteiger partial charge >= 0.3 is 6.09 Å². The average molecular weight is 410 g/mol. The van der Waals surface area contributed by atoms with E-state index >= 15 is 0 Å². The first kappa shape index (κ1) is 20.5. The minimum Gasteiger partial charge on any atom is -0.444 e. The molecule has 0 aliphatic rings. The molecular formula is C21H22N4O3S. The van der Waals surface area contributed by atoms with Crippen LogP contribution in [0.5, 0.6) is 0 Å². The summed E-state index contributed by atoms with van der Waals surface area (Å²) >= 11 is 1.34. The van der Waals surface area contributed by atoms with Gasteiger partial charge in [0.1, 0.15) is 10.6 Å². The number of hydrogen-bond acceptors (Lipinski definition) is 6. The first-order valence-electron chi connectivity index (χ1n) is 9.06. The highest BCUT2D eigenvalue weighted by molar-refractivity contribution is 7.15. The second-order valence-corrected chi connectivity index (χ2v) is 8.38. The summed E-state index contributed by atoms with van der Waals surface area (Å²) in [4.78, 5) is 24.2. The Bertz CT molecular complexity index is 979. The minimum atomic E-state index is -0.578. The number of carbonyl (C=O) groups excluding carboxylic acids is 2. The molecule has 1 aromatic heterocycles.